The Hall–Kier alpha value is -1.98. The normalized spacial score (nSPS) is 15.9. The van der Waals surface area contributed by atoms with Gasteiger partial charge in [-0.25, -0.2) is 0 Å². The Morgan fingerprint density at radius 3 is 2.62 bits per heavy atom. The summed E-state index contributed by atoms with van der Waals surface area (Å²) < 4.78 is 21.7. The van der Waals surface area contributed by atoms with Gasteiger partial charge in [0.25, 0.3) is 0 Å². The number of furan rings is 1. The summed E-state index contributed by atoms with van der Waals surface area (Å²) in [6.07, 6.45) is 4.44. The highest BCUT2D eigenvalue weighted by Crippen LogP contribution is 2.32. The Morgan fingerprint density at radius 1 is 1.00 bits per heavy atom. The van der Waals surface area contributed by atoms with Crippen LogP contribution in [0.1, 0.15) is 17.7 Å². The van der Waals surface area contributed by atoms with E-state index in [2.05, 4.69) is 21.6 Å². The quantitative estimate of drug-likeness (QED) is 0.202. The average molecular weight is 556 g/mol. The van der Waals surface area contributed by atoms with Crippen molar-refractivity contribution in [2.75, 3.05) is 59.3 Å². The van der Waals surface area contributed by atoms with Crippen LogP contribution < -0.4 is 20.1 Å². The van der Waals surface area contributed by atoms with E-state index in [0.717, 1.165) is 95.0 Å². The number of nitrogens with zero attached hydrogens (tertiary/aromatic N) is 2. The van der Waals surface area contributed by atoms with Crippen molar-refractivity contribution < 1.29 is 18.6 Å². The zero-order valence-electron chi connectivity index (χ0n) is 18.4. The summed E-state index contributed by atoms with van der Waals surface area (Å²) in [7, 11) is 0. The number of morpholine rings is 1. The fourth-order valence-electron chi connectivity index (χ4n) is 3.66. The van der Waals surface area contributed by atoms with Crippen LogP contribution in [0.15, 0.2) is 46.0 Å². The number of guanidine groups is 1. The SMILES string of the molecule is I.c1coc(CCNC(=NCCCN2CCOCC2)NCCc2ccc3c(c2)OCO3)c1. The van der Waals surface area contributed by atoms with Crippen molar-refractivity contribution >= 4 is 29.9 Å². The van der Waals surface area contributed by atoms with Gasteiger partial charge in [-0.2, -0.15) is 0 Å². The van der Waals surface area contributed by atoms with Crippen molar-refractivity contribution in [3.05, 3.63) is 47.9 Å². The zero-order valence-corrected chi connectivity index (χ0v) is 20.7. The third-order valence-corrected chi connectivity index (χ3v) is 5.39. The first-order valence-electron chi connectivity index (χ1n) is 11.1. The molecule has 2 aromatic rings. The highest BCUT2D eigenvalue weighted by molar-refractivity contribution is 14.0. The van der Waals surface area contributed by atoms with E-state index in [0.29, 0.717) is 6.79 Å². The van der Waals surface area contributed by atoms with Crippen molar-refractivity contribution in [2.45, 2.75) is 19.3 Å². The molecule has 176 valence electrons. The number of benzene rings is 1. The summed E-state index contributed by atoms with van der Waals surface area (Å²) in [6.45, 7) is 7.42. The first kappa shape index (κ1) is 24.7. The van der Waals surface area contributed by atoms with Gasteiger partial charge in [-0.15, -0.1) is 24.0 Å². The predicted molar refractivity (Wildman–Crippen MR) is 134 cm³/mol. The summed E-state index contributed by atoms with van der Waals surface area (Å²) in [6, 6.07) is 10.0. The smallest absolute Gasteiger partial charge is 0.231 e. The Kier molecular flexibility index (Phi) is 10.4. The van der Waals surface area contributed by atoms with E-state index in [1.54, 1.807) is 6.26 Å². The van der Waals surface area contributed by atoms with Crippen LogP contribution >= 0.6 is 24.0 Å². The molecule has 0 spiro atoms. The number of aliphatic imine (C=N–C) groups is 1. The number of fused-ring (bicyclic) bond motifs is 1. The number of hydrogen-bond acceptors (Lipinski definition) is 6. The summed E-state index contributed by atoms with van der Waals surface area (Å²) in [5.74, 6) is 3.46. The van der Waals surface area contributed by atoms with Crippen molar-refractivity contribution in [1.82, 2.24) is 15.5 Å². The number of hydrogen-bond donors (Lipinski definition) is 2. The van der Waals surface area contributed by atoms with E-state index in [1.807, 2.05) is 24.3 Å². The average Bonchev–Trinajstić information content (AvgIpc) is 3.48. The van der Waals surface area contributed by atoms with Gasteiger partial charge in [0.05, 0.1) is 19.5 Å². The minimum Gasteiger partial charge on any atom is -0.469 e. The zero-order chi connectivity index (χ0) is 21.1. The second-order valence-corrected chi connectivity index (χ2v) is 7.66. The molecule has 3 heterocycles. The molecule has 2 N–H and O–H groups in total. The molecule has 2 aliphatic heterocycles. The molecule has 1 fully saturated rings. The lowest BCUT2D eigenvalue weighted by Crippen LogP contribution is -2.40. The van der Waals surface area contributed by atoms with E-state index in [-0.39, 0.29) is 24.0 Å². The van der Waals surface area contributed by atoms with Gasteiger partial charge in [0, 0.05) is 45.7 Å². The molecule has 1 saturated heterocycles. The minimum atomic E-state index is 0. The lowest BCUT2D eigenvalue weighted by atomic mass is 10.1. The van der Waals surface area contributed by atoms with Crippen LogP contribution in [-0.2, 0) is 17.6 Å². The van der Waals surface area contributed by atoms with Crippen LogP contribution in [0.3, 0.4) is 0 Å². The first-order valence-corrected chi connectivity index (χ1v) is 11.1. The van der Waals surface area contributed by atoms with Crippen molar-refractivity contribution in [2.24, 2.45) is 4.99 Å². The van der Waals surface area contributed by atoms with Gasteiger partial charge in [0.2, 0.25) is 6.79 Å². The van der Waals surface area contributed by atoms with Crippen molar-refractivity contribution in [1.29, 1.82) is 0 Å². The van der Waals surface area contributed by atoms with E-state index in [9.17, 15) is 0 Å². The van der Waals surface area contributed by atoms with Gasteiger partial charge in [-0.3, -0.25) is 9.89 Å². The molecule has 0 unspecified atom stereocenters. The third-order valence-electron chi connectivity index (χ3n) is 5.39. The fraction of sp³-hybridized carbons (Fsp3) is 0.522. The van der Waals surface area contributed by atoms with Gasteiger partial charge in [-0.05, 0) is 42.7 Å². The lowest BCUT2D eigenvalue weighted by Gasteiger charge is -2.26. The van der Waals surface area contributed by atoms with E-state index in [4.69, 9.17) is 23.6 Å². The summed E-state index contributed by atoms with van der Waals surface area (Å²) in [5.41, 5.74) is 1.21. The second kappa shape index (κ2) is 13.5. The number of rotatable bonds is 10. The van der Waals surface area contributed by atoms with Gasteiger partial charge >= 0.3 is 0 Å². The standard InChI is InChI=1S/C23H32N4O4.HI/c1-3-20(29-14-1)7-10-26-23(24-8-2-11-27-12-15-28-16-13-27)25-9-6-19-4-5-21-22(17-19)31-18-30-21;/h1,3-5,14,17H,2,6-13,15-16,18H2,(H2,24,25,26);1H. The molecule has 32 heavy (non-hydrogen) atoms. The van der Waals surface area contributed by atoms with E-state index >= 15 is 0 Å². The molecule has 0 aliphatic carbocycles. The molecular weight excluding hydrogens is 523 g/mol. The molecule has 8 nitrogen and oxygen atoms in total. The topological polar surface area (TPSA) is 80.5 Å². The maximum Gasteiger partial charge on any atom is 0.231 e. The van der Waals surface area contributed by atoms with Gasteiger partial charge < -0.3 is 29.3 Å². The molecule has 1 aromatic heterocycles. The molecular formula is C23H33IN4O4. The van der Waals surface area contributed by atoms with E-state index in [1.165, 1.54) is 5.56 Å². The Bertz CT molecular complexity index is 825. The van der Waals surface area contributed by atoms with Crippen LogP contribution in [-0.4, -0.2) is 70.1 Å². The van der Waals surface area contributed by atoms with E-state index < -0.39 is 0 Å². The van der Waals surface area contributed by atoms with Crippen LogP contribution in [0.5, 0.6) is 11.5 Å². The second-order valence-electron chi connectivity index (χ2n) is 7.66. The molecule has 9 heteroatoms. The van der Waals surface area contributed by atoms with Crippen LogP contribution in [0, 0.1) is 0 Å². The molecule has 0 amide bonds. The Balaban J connectivity index is 0.00000289. The highest BCUT2D eigenvalue weighted by Gasteiger charge is 2.13. The van der Waals surface area contributed by atoms with Crippen LogP contribution in [0.4, 0.5) is 0 Å². The number of ether oxygens (including phenoxy) is 3. The number of halogens is 1. The first-order chi connectivity index (χ1) is 15.4. The summed E-state index contributed by atoms with van der Waals surface area (Å²) >= 11 is 0. The highest BCUT2D eigenvalue weighted by atomic mass is 127. The molecule has 2 aliphatic rings. The molecule has 4 rings (SSSR count). The Morgan fingerprint density at radius 2 is 1.81 bits per heavy atom. The van der Waals surface area contributed by atoms with Crippen LogP contribution in [0.25, 0.3) is 0 Å². The largest absolute Gasteiger partial charge is 0.469 e. The fourth-order valence-corrected chi connectivity index (χ4v) is 3.66. The maximum absolute atomic E-state index is 5.47. The molecule has 0 radical (unpaired) electrons. The lowest BCUT2D eigenvalue weighted by molar-refractivity contribution is 0.0377. The summed E-state index contributed by atoms with van der Waals surface area (Å²) in [4.78, 5) is 7.22. The molecule has 0 saturated carbocycles. The summed E-state index contributed by atoms with van der Waals surface area (Å²) in [5, 5.41) is 6.88. The van der Waals surface area contributed by atoms with Gasteiger partial charge in [-0.1, -0.05) is 6.07 Å². The van der Waals surface area contributed by atoms with Gasteiger partial charge in [0.15, 0.2) is 17.5 Å². The number of nitrogens with one attached hydrogen (secondary N) is 2. The van der Waals surface area contributed by atoms with Crippen molar-refractivity contribution in [3.8, 4) is 11.5 Å². The molecule has 1 aromatic carbocycles. The van der Waals surface area contributed by atoms with Crippen molar-refractivity contribution in [3.63, 3.8) is 0 Å². The molecule has 0 bridgehead atoms. The third kappa shape index (κ3) is 7.86. The Labute approximate surface area is 206 Å². The monoisotopic (exact) mass is 556 g/mol. The maximum atomic E-state index is 5.47. The molecule has 0 atom stereocenters. The van der Waals surface area contributed by atoms with Gasteiger partial charge in [0.1, 0.15) is 5.76 Å². The minimum absolute atomic E-state index is 0. The van der Waals surface area contributed by atoms with Crippen LogP contribution in [0.2, 0.25) is 0 Å². The predicted octanol–water partition coefficient (Wildman–Crippen LogP) is 2.67.